The summed E-state index contributed by atoms with van der Waals surface area (Å²) in [6.45, 7) is 0. The molecule has 0 aliphatic heterocycles. The van der Waals surface area contributed by atoms with Crippen LogP contribution in [-0.2, 0) is 36.8 Å². The topological polar surface area (TPSA) is 204 Å². The number of aromatic nitrogens is 1. The van der Waals surface area contributed by atoms with E-state index < -0.39 is 53.8 Å². The highest BCUT2D eigenvalue weighted by Gasteiger charge is 2.31. The largest absolute Gasteiger partial charge is 0.481 e. The van der Waals surface area contributed by atoms with Crippen molar-refractivity contribution in [3.05, 3.63) is 71.9 Å². The third kappa shape index (κ3) is 10.1. The molecule has 0 spiro atoms. The average Bonchev–Trinajstić information content (AvgIpc) is 3.40. The number of fused-ring (bicyclic) bond motifs is 1. The van der Waals surface area contributed by atoms with Crippen LogP contribution in [0.3, 0.4) is 0 Å². The van der Waals surface area contributed by atoms with Gasteiger partial charge in [-0.05, 0) is 42.0 Å². The first-order chi connectivity index (χ1) is 20.6. The number of amides is 3. The van der Waals surface area contributed by atoms with Crippen molar-refractivity contribution in [2.45, 2.75) is 56.3 Å². The van der Waals surface area contributed by atoms with E-state index in [2.05, 4.69) is 20.9 Å². The van der Waals surface area contributed by atoms with E-state index in [0.717, 1.165) is 22.0 Å². The summed E-state index contributed by atoms with van der Waals surface area (Å²) in [6.07, 6.45) is 3.41. The minimum Gasteiger partial charge on any atom is -0.481 e. The molecule has 0 aliphatic rings. The summed E-state index contributed by atoms with van der Waals surface area (Å²) in [5.41, 5.74) is 8.17. The maximum atomic E-state index is 13.7. The summed E-state index contributed by atoms with van der Waals surface area (Å²) < 4.78 is 0. The molecular weight excluding hydrogens is 574 g/mol. The van der Waals surface area contributed by atoms with E-state index in [1.54, 1.807) is 36.5 Å². The summed E-state index contributed by atoms with van der Waals surface area (Å²) in [5, 5.41) is 27.3. The van der Waals surface area contributed by atoms with Crippen LogP contribution in [0.25, 0.3) is 10.9 Å². The van der Waals surface area contributed by atoms with E-state index in [1.807, 2.05) is 30.5 Å². The highest BCUT2D eigenvalue weighted by atomic mass is 32.2. The van der Waals surface area contributed by atoms with E-state index in [4.69, 9.17) is 10.8 Å². The maximum Gasteiger partial charge on any atom is 0.326 e. The van der Waals surface area contributed by atoms with Crippen LogP contribution >= 0.6 is 11.8 Å². The van der Waals surface area contributed by atoms with E-state index in [-0.39, 0.29) is 32.1 Å². The van der Waals surface area contributed by atoms with Crippen molar-refractivity contribution in [2.24, 2.45) is 5.73 Å². The number of nitrogens with one attached hydrogen (secondary N) is 4. The van der Waals surface area contributed by atoms with E-state index in [0.29, 0.717) is 5.75 Å². The number of carboxylic acid groups (broad SMARTS) is 2. The molecule has 12 nitrogen and oxygen atoms in total. The second kappa shape index (κ2) is 16.3. The molecule has 13 heteroatoms. The quantitative estimate of drug-likeness (QED) is 0.118. The van der Waals surface area contributed by atoms with Gasteiger partial charge in [0.15, 0.2) is 0 Å². The van der Waals surface area contributed by atoms with E-state index >= 15 is 0 Å². The predicted octanol–water partition coefficient (Wildman–Crippen LogP) is 1.44. The Morgan fingerprint density at radius 2 is 1.42 bits per heavy atom. The number of carbonyl (C=O) groups excluding carboxylic acids is 3. The monoisotopic (exact) mass is 611 g/mol. The van der Waals surface area contributed by atoms with Crippen LogP contribution in [0.4, 0.5) is 0 Å². The maximum absolute atomic E-state index is 13.7. The molecule has 0 aliphatic carbocycles. The molecule has 0 bridgehead atoms. The highest BCUT2D eigenvalue weighted by Crippen LogP contribution is 2.19. The van der Waals surface area contributed by atoms with Gasteiger partial charge in [-0.15, -0.1) is 0 Å². The van der Waals surface area contributed by atoms with E-state index in [1.165, 1.54) is 11.8 Å². The molecule has 0 saturated heterocycles. The normalized spacial score (nSPS) is 13.8. The lowest BCUT2D eigenvalue weighted by molar-refractivity contribution is -0.142. The zero-order valence-electron chi connectivity index (χ0n) is 23.7. The number of para-hydroxylation sites is 1. The fraction of sp³-hybridized carbons (Fsp3) is 0.367. The second-order valence-corrected chi connectivity index (χ2v) is 11.1. The first kappa shape index (κ1) is 33.1. The molecule has 43 heavy (non-hydrogen) atoms. The molecule has 1 aromatic heterocycles. The van der Waals surface area contributed by atoms with Gasteiger partial charge in [0, 0.05) is 36.4 Å². The van der Waals surface area contributed by atoms with Gasteiger partial charge in [-0.3, -0.25) is 19.2 Å². The predicted molar refractivity (Wildman–Crippen MR) is 163 cm³/mol. The lowest BCUT2D eigenvalue weighted by Gasteiger charge is -2.25. The number of thioether (sulfide) groups is 1. The van der Waals surface area contributed by atoms with Gasteiger partial charge in [0.2, 0.25) is 17.7 Å². The van der Waals surface area contributed by atoms with Crippen molar-refractivity contribution in [3.8, 4) is 0 Å². The number of nitrogens with two attached hydrogens (primary N) is 1. The molecule has 4 atom stereocenters. The lowest BCUT2D eigenvalue weighted by atomic mass is 10.0. The van der Waals surface area contributed by atoms with Crippen molar-refractivity contribution >= 4 is 52.3 Å². The summed E-state index contributed by atoms with van der Waals surface area (Å²) in [4.78, 5) is 66.0. The molecule has 1 heterocycles. The molecule has 3 amide bonds. The molecule has 0 saturated carbocycles. The molecule has 0 fully saturated rings. The number of carboxylic acids is 2. The Hall–Kier alpha value is -4.36. The fourth-order valence-electron chi connectivity index (χ4n) is 4.52. The van der Waals surface area contributed by atoms with Crippen LogP contribution < -0.4 is 21.7 Å². The van der Waals surface area contributed by atoms with Crippen molar-refractivity contribution in [1.29, 1.82) is 0 Å². The average molecular weight is 612 g/mol. The van der Waals surface area contributed by atoms with Crippen LogP contribution in [0.2, 0.25) is 0 Å². The Morgan fingerprint density at radius 1 is 0.814 bits per heavy atom. The molecule has 230 valence electrons. The molecular formula is C30H37N5O7S. The number of hydrogen-bond acceptors (Lipinski definition) is 7. The highest BCUT2D eigenvalue weighted by molar-refractivity contribution is 7.98. The number of carbonyl (C=O) groups is 5. The second-order valence-electron chi connectivity index (χ2n) is 10.1. The van der Waals surface area contributed by atoms with Gasteiger partial charge in [-0.25, -0.2) is 4.79 Å². The van der Waals surface area contributed by atoms with Gasteiger partial charge in [0.05, 0.1) is 6.04 Å². The van der Waals surface area contributed by atoms with Gasteiger partial charge < -0.3 is 36.9 Å². The first-order valence-electron chi connectivity index (χ1n) is 13.8. The minimum atomic E-state index is -1.19. The van der Waals surface area contributed by atoms with Crippen LogP contribution in [0, 0.1) is 0 Å². The zero-order valence-corrected chi connectivity index (χ0v) is 24.6. The molecule has 3 aromatic rings. The van der Waals surface area contributed by atoms with Crippen LogP contribution in [-0.4, -0.2) is 81.0 Å². The van der Waals surface area contributed by atoms with Crippen LogP contribution in [0.5, 0.6) is 0 Å². The zero-order chi connectivity index (χ0) is 31.4. The number of benzene rings is 2. The summed E-state index contributed by atoms with van der Waals surface area (Å²) in [5.74, 6) is -3.87. The Bertz CT molecular complexity index is 1410. The van der Waals surface area contributed by atoms with Crippen molar-refractivity contribution < 1.29 is 34.2 Å². The molecule has 4 unspecified atom stereocenters. The van der Waals surface area contributed by atoms with Crippen LogP contribution in [0.15, 0.2) is 60.8 Å². The standard InChI is InChI=1S/C30H37N5O7S/c1-43-14-13-23(30(41)42)33-29(40)25(16-19-17-32-22-10-6-5-9-20(19)22)35-28(39)24(15-18-7-3-2-4-8-18)34-27(38)21(31)11-12-26(36)37/h2-10,17,21,23-25,32H,11-16,31H2,1H3,(H,33,40)(H,34,38)(H,35,39)(H,36,37)(H,41,42). The number of aromatic amines is 1. The lowest BCUT2D eigenvalue weighted by Crippen LogP contribution is -2.58. The van der Waals surface area contributed by atoms with Crippen molar-refractivity contribution in [1.82, 2.24) is 20.9 Å². The first-order valence-corrected chi connectivity index (χ1v) is 15.2. The van der Waals surface area contributed by atoms with Gasteiger partial charge in [0.1, 0.15) is 18.1 Å². The summed E-state index contributed by atoms with van der Waals surface area (Å²) in [7, 11) is 0. The third-order valence-corrected chi connectivity index (χ3v) is 7.52. The Kier molecular flexibility index (Phi) is 12.6. The number of rotatable bonds is 17. The molecule has 8 N–H and O–H groups in total. The number of hydrogen-bond donors (Lipinski definition) is 7. The summed E-state index contributed by atoms with van der Waals surface area (Å²) in [6, 6.07) is 11.7. The Morgan fingerprint density at radius 3 is 2.07 bits per heavy atom. The van der Waals surface area contributed by atoms with Crippen molar-refractivity contribution in [3.63, 3.8) is 0 Å². The number of H-pyrrole nitrogens is 1. The Balaban J connectivity index is 1.87. The van der Waals surface area contributed by atoms with Gasteiger partial charge >= 0.3 is 11.9 Å². The Labute approximate surface area is 253 Å². The van der Waals surface area contributed by atoms with Gasteiger partial charge in [-0.2, -0.15) is 11.8 Å². The summed E-state index contributed by atoms with van der Waals surface area (Å²) >= 11 is 1.44. The van der Waals surface area contributed by atoms with Gasteiger partial charge in [0.25, 0.3) is 0 Å². The smallest absolute Gasteiger partial charge is 0.326 e. The molecule has 2 aromatic carbocycles. The SMILES string of the molecule is CSCCC(NC(=O)C(Cc1c[nH]c2ccccc12)NC(=O)C(Cc1ccccc1)NC(=O)C(N)CCC(=O)O)C(=O)O. The third-order valence-electron chi connectivity index (χ3n) is 6.88. The van der Waals surface area contributed by atoms with Crippen molar-refractivity contribution in [2.75, 3.05) is 12.0 Å². The van der Waals surface area contributed by atoms with E-state index in [9.17, 15) is 29.1 Å². The fourth-order valence-corrected chi connectivity index (χ4v) is 4.99. The molecule has 3 rings (SSSR count). The minimum absolute atomic E-state index is 0.0422. The molecule has 0 radical (unpaired) electrons. The van der Waals surface area contributed by atoms with Gasteiger partial charge in [-0.1, -0.05) is 48.5 Å². The number of aliphatic carboxylic acids is 2. The van der Waals surface area contributed by atoms with Crippen LogP contribution in [0.1, 0.15) is 30.4 Å².